The van der Waals surface area contributed by atoms with Gasteiger partial charge >= 0.3 is 0 Å². The van der Waals surface area contributed by atoms with Crippen molar-refractivity contribution in [3.8, 4) is 0 Å². The number of aliphatic hydroxyl groups excluding tert-OH is 2. The Morgan fingerprint density at radius 2 is 2.00 bits per heavy atom. The molecule has 3 heterocycles. The van der Waals surface area contributed by atoms with E-state index in [0.29, 0.717) is 16.2 Å². The van der Waals surface area contributed by atoms with Crippen LogP contribution in [0.15, 0.2) is 36.8 Å². The van der Waals surface area contributed by atoms with Crippen LogP contribution in [0.5, 0.6) is 0 Å². The summed E-state index contributed by atoms with van der Waals surface area (Å²) >= 11 is 6.07. The predicted molar refractivity (Wildman–Crippen MR) is 104 cm³/mol. The number of aliphatic hydroxyl groups is 3. The number of nitrogens with zero attached hydrogens (tertiary/aromatic N) is 3. The first kappa shape index (κ1) is 19.3. The Kier molecular flexibility index (Phi) is 4.68. The molecule has 3 aromatic rings. The second-order valence-electron chi connectivity index (χ2n) is 7.49. The zero-order valence-electron chi connectivity index (χ0n) is 15.7. The van der Waals surface area contributed by atoms with Gasteiger partial charge in [0.1, 0.15) is 35.9 Å². The molecule has 7 nitrogen and oxygen atoms in total. The summed E-state index contributed by atoms with van der Waals surface area (Å²) in [4.78, 5) is 8.45. The topological polar surface area (TPSA) is 101 Å². The van der Waals surface area contributed by atoms with Crippen molar-refractivity contribution < 1.29 is 20.1 Å². The summed E-state index contributed by atoms with van der Waals surface area (Å²) in [6.07, 6.45) is -1.20. The normalized spacial score (nSPS) is 28.8. The maximum absolute atomic E-state index is 11.0. The van der Waals surface area contributed by atoms with E-state index in [-0.39, 0.29) is 0 Å². The van der Waals surface area contributed by atoms with Gasteiger partial charge in [0.15, 0.2) is 6.23 Å². The lowest BCUT2D eigenvalue weighted by atomic mass is 9.88. The van der Waals surface area contributed by atoms with Crippen molar-refractivity contribution in [2.75, 3.05) is 0 Å². The largest absolute Gasteiger partial charge is 0.386 e. The smallest absolute Gasteiger partial charge is 0.164 e. The van der Waals surface area contributed by atoms with Gasteiger partial charge in [-0.15, -0.1) is 0 Å². The van der Waals surface area contributed by atoms with Crippen LogP contribution in [0.25, 0.3) is 11.0 Å². The number of aryl methyl sites for hydroxylation is 2. The predicted octanol–water partition coefficient (Wildman–Crippen LogP) is 2.44. The first-order valence-electron chi connectivity index (χ1n) is 9.00. The minimum Gasteiger partial charge on any atom is -0.386 e. The minimum atomic E-state index is -1.68. The number of rotatable bonds is 3. The lowest BCUT2D eigenvalue weighted by Crippen LogP contribution is -2.47. The molecule has 4 rings (SSSR count). The number of hydrogen-bond acceptors (Lipinski definition) is 6. The van der Waals surface area contributed by atoms with Crippen molar-refractivity contribution in [2.24, 2.45) is 0 Å². The average molecular weight is 404 g/mol. The SMILES string of the molecule is Cc1cc([C@@H](O)[C@H]2O[C@@H](n3ccc4c(C)ncnc43)[C@H](O)[C@]2(C)O)ccc1Cl. The second-order valence-corrected chi connectivity index (χ2v) is 7.90. The minimum absolute atomic E-state index is 0.551. The van der Waals surface area contributed by atoms with Gasteiger partial charge in [-0.25, -0.2) is 9.97 Å². The molecule has 8 heteroatoms. The van der Waals surface area contributed by atoms with E-state index >= 15 is 0 Å². The van der Waals surface area contributed by atoms with Crippen LogP contribution in [-0.2, 0) is 4.74 Å². The fraction of sp³-hybridized carbons (Fsp3) is 0.400. The van der Waals surface area contributed by atoms with Crippen LogP contribution in [0.1, 0.15) is 36.1 Å². The molecule has 3 N–H and O–H groups in total. The summed E-state index contributed by atoms with van der Waals surface area (Å²) in [6, 6.07) is 6.95. The Morgan fingerprint density at radius 3 is 2.71 bits per heavy atom. The second kappa shape index (κ2) is 6.79. The standard InChI is InChI=1S/C20H22ClN3O4/c1-10-8-12(4-5-14(10)21)15(25)17-20(3,27)16(26)19(28-17)24-7-6-13-11(2)22-9-23-18(13)24/h4-9,15-17,19,25-27H,1-3H3/t15-,16+,17-,19-,20+/m1/s1. The van der Waals surface area contributed by atoms with Gasteiger partial charge in [-0.1, -0.05) is 23.7 Å². The van der Waals surface area contributed by atoms with Crippen LogP contribution in [-0.4, -0.2) is 47.7 Å². The summed E-state index contributed by atoms with van der Waals surface area (Å²) < 4.78 is 7.64. The van der Waals surface area contributed by atoms with E-state index in [1.54, 1.807) is 29.0 Å². The van der Waals surface area contributed by atoms with Crippen molar-refractivity contribution in [1.29, 1.82) is 0 Å². The van der Waals surface area contributed by atoms with Crippen LogP contribution in [0.2, 0.25) is 5.02 Å². The van der Waals surface area contributed by atoms with Crippen molar-refractivity contribution >= 4 is 22.6 Å². The van der Waals surface area contributed by atoms with Crippen molar-refractivity contribution in [1.82, 2.24) is 14.5 Å². The third-order valence-electron chi connectivity index (χ3n) is 5.52. The number of hydrogen-bond donors (Lipinski definition) is 3. The number of fused-ring (bicyclic) bond motifs is 1. The van der Waals surface area contributed by atoms with Gasteiger partial charge in [-0.2, -0.15) is 0 Å². The zero-order valence-corrected chi connectivity index (χ0v) is 16.5. The molecule has 1 saturated heterocycles. The first-order valence-corrected chi connectivity index (χ1v) is 9.37. The van der Waals surface area contributed by atoms with E-state index in [2.05, 4.69) is 9.97 Å². The molecule has 0 spiro atoms. The van der Waals surface area contributed by atoms with Gasteiger partial charge in [0, 0.05) is 16.6 Å². The maximum atomic E-state index is 11.0. The molecular weight excluding hydrogens is 382 g/mol. The zero-order chi connectivity index (χ0) is 20.2. The highest BCUT2D eigenvalue weighted by Gasteiger charge is 2.55. The van der Waals surface area contributed by atoms with E-state index in [1.165, 1.54) is 13.3 Å². The fourth-order valence-electron chi connectivity index (χ4n) is 3.76. The summed E-state index contributed by atoms with van der Waals surface area (Å²) in [5, 5.41) is 34.1. The van der Waals surface area contributed by atoms with Gasteiger partial charge in [-0.05, 0) is 44.0 Å². The highest BCUT2D eigenvalue weighted by molar-refractivity contribution is 6.31. The number of halogens is 1. The summed E-state index contributed by atoms with van der Waals surface area (Å²) in [6.45, 7) is 5.16. The highest BCUT2D eigenvalue weighted by Crippen LogP contribution is 2.43. The molecule has 1 aliphatic rings. The fourth-order valence-corrected chi connectivity index (χ4v) is 3.88. The summed E-state index contributed by atoms with van der Waals surface area (Å²) in [5.74, 6) is 0. The molecule has 1 aliphatic heterocycles. The number of ether oxygens (including phenoxy) is 1. The lowest BCUT2D eigenvalue weighted by molar-refractivity contribution is -0.115. The molecule has 2 aromatic heterocycles. The molecular formula is C20H22ClN3O4. The van der Waals surface area contributed by atoms with Gasteiger partial charge in [0.05, 0.1) is 5.69 Å². The van der Waals surface area contributed by atoms with Crippen LogP contribution in [0.3, 0.4) is 0 Å². The molecule has 5 atom stereocenters. The molecule has 1 fully saturated rings. The third kappa shape index (κ3) is 2.91. The van der Waals surface area contributed by atoms with E-state index in [1.807, 2.05) is 19.9 Å². The molecule has 0 bridgehead atoms. The Labute approximate surface area is 167 Å². The van der Waals surface area contributed by atoms with Crippen molar-refractivity contribution in [2.45, 2.75) is 50.9 Å². The van der Waals surface area contributed by atoms with Crippen LogP contribution in [0.4, 0.5) is 0 Å². The van der Waals surface area contributed by atoms with E-state index in [9.17, 15) is 15.3 Å². The van der Waals surface area contributed by atoms with Crippen molar-refractivity contribution in [3.63, 3.8) is 0 Å². The van der Waals surface area contributed by atoms with E-state index < -0.39 is 30.1 Å². The molecule has 0 radical (unpaired) electrons. The molecule has 28 heavy (non-hydrogen) atoms. The summed E-state index contributed by atoms with van der Waals surface area (Å²) in [5.41, 5.74) is 1.06. The van der Waals surface area contributed by atoms with E-state index in [0.717, 1.165) is 16.6 Å². The highest BCUT2D eigenvalue weighted by atomic mass is 35.5. The number of aromatic nitrogens is 3. The van der Waals surface area contributed by atoms with Crippen LogP contribution < -0.4 is 0 Å². The molecule has 0 amide bonds. The van der Waals surface area contributed by atoms with Gasteiger partial charge in [0.2, 0.25) is 0 Å². The molecule has 148 valence electrons. The third-order valence-corrected chi connectivity index (χ3v) is 5.95. The number of benzene rings is 1. The monoisotopic (exact) mass is 403 g/mol. The lowest BCUT2D eigenvalue weighted by Gasteiger charge is -2.30. The summed E-state index contributed by atoms with van der Waals surface area (Å²) in [7, 11) is 0. The Morgan fingerprint density at radius 1 is 1.25 bits per heavy atom. The molecule has 0 saturated carbocycles. The molecule has 0 aliphatic carbocycles. The van der Waals surface area contributed by atoms with Gasteiger partial charge in [0.25, 0.3) is 0 Å². The van der Waals surface area contributed by atoms with Crippen LogP contribution in [0, 0.1) is 13.8 Å². The van der Waals surface area contributed by atoms with E-state index in [4.69, 9.17) is 16.3 Å². The Bertz CT molecular complexity index is 1040. The average Bonchev–Trinajstić information content (AvgIpc) is 3.17. The van der Waals surface area contributed by atoms with Crippen molar-refractivity contribution in [3.05, 3.63) is 58.6 Å². The van der Waals surface area contributed by atoms with Crippen LogP contribution >= 0.6 is 11.6 Å². The maximum Gasteiger partial charge on any atom is 0.164 e. The van der Waals surface area contributed by atoms with Gasteiger partial charge in [-0.3, -0.25) is 0 Å². The quantitative estimate of drug-likeness (QED) is 0.621. The Hall–Kier alpha value is -2.03. The molecule has 0 unspecified atom stereocenters. The first-order chi connectivity index (χ1) is 13.2. The molecule has 1 aromatic carbocycles. The van der Waals surface area contributed by atoms with Gasteiger partial charge < -0.3 is 24.6 Å². The Balaban J connectivity index is 1.71.